The van der Waals surface area contributed by atoms with E-state index in [1.54, 1.807) is 4.31 Å². The van der Waals surface area contributed by atoms with E-state index < -0.39 is 17.0 Å². The molecule has 0 aromatic heterocycles. The van der Waals surface area contributed by atoms with E-state index in [-0.39, 0.29) is 20.5 Å². The van der Waals surface area contributed by atoms with E-state index in [4.69, 9.17) is 28.3 Å². The van der Waals surface area contributed by atoms with E-state index >= 15 is 0 Å². The van der Waals surface area contributed by atoms with Crippen LogP contribution in [0.4, 0.5) is 0 Å². The second-order valence-corrected chi connectivity index (χ2v) is 6.82. The summed E-state index contributed by atoms with van der Waals surface area (Å²) in [6.45, 7) is 6.90. The van der Waals surface area contributed by atoms with Crippen molar-refractivity contribution in [2.45, 2.75) is 18.7 Å². The maximum absolute atomic E-state index is 12.5. The molecule has 5 nitrogen and oxygen atoms in total. The third-order valence-corrected chi connectivity index (χ3v) is 5.42. The predicted molar refractivity (Wildman–Crippen MR) is 90.2 cm³/mol. The smallest absolute Gasteiger partial charge is 0.337 e. The van der Waals surface area contributed by atoms with Gasteiger partial charge in [-0.2, -0.15) is 0 Å². The highest BCUT2D eigenvalue weighted by Gasteiger charge is 2.24. The number of carboxylic acid groups (broad SMARTS) is 1. The first-order chi connectivity index (χ1) is 10.4. The fourth-order valence-electron chi connectivity index (χ4n) is 1.92. The van der Waals surface area contributed by atoms with Crippen molar-refractivity contribution in [3.05, 3.63) is 27.7 Å². The molecule has 0 amide bonds. The number of nitrogens with zero attached hydrogens (tertiary/aromatic N) is 2. The van der Waals surface area contributed by atoms with Gasteiger partial charge in [-0.3, -0.25) is 0 Å². The lowest BCUT2D eigenvalue weighted by Crippen LogP contribution is -2.45. The molecule has 0 bridgehead atoms. The molecule has 1 N–H and O–H groups in total. The van der Waals surface area contributed by atoms with Crippen LogP contribution in [0.25, 0.3) is 0 Å². The lowest BCUT2D eigenvalue weighted by Gasteiger charge is -2.31. The molecule has 1 unspecified atom stereocenters. The highest BCUT2D eigenvalue weighted by Crippen LogP contribution is 2.29. The molecule has 0 saturated carbocycles. The zero-order chi connectivity index (χ0) is 16.9. The van der Waals surface area contributed by atoms with Gasteiger partial charge in [0.1, 0.15) is 11.0 Å². The molecule has 1 aliphatic heterocycles. The van der Waals surface area contributed by atoms with Crippen LogP contribution in [-0.4, -0.2) is 57.7 Å². The molecule has 1 aromatic carbocycles. The number of carboxylic acids is 1. The summed E-state index contributed by atoms with van der Waals surface area (Å²) < 4.78 is 14.3. The lowest BCUT2D eigenvalue weighted by molar-refractivity contribution is 0.0697. The second-order valence-electron chi connectivity index (χ2n) is 4.55. The average molecular weight is 367 g/mol. The molecular weight excluding hydrogens is 347 g/mol. The molecule has 1 atom stereocenters. The van der Waals surface area contributed by atoms with Crippen molar-refractivity contribution in [1.82, 2.24) is 9.21 Å². The minimum atomic E-state index is -1.48. The Hall–Kier alpha value is -0.660. The quantitative estimate of drug-likeness (QED) is 0.892. The molecule has 0 radical (unpaired) electrons. The van der Waals surface area contributed by atoms with Gasteiger partial charge in [-0.15, -0.1) is 0 Å². The number of aromatic carboxylic acids is 1. The van der Waals surface area contributed by atoms with Crippen LogP contribution < -0.4 is 0 Å². The first-order valence-electron chi connectivity index (χ1n) is 6.98. The van der Waals surface area contributed by atoms with Crippen LogP contribution in [0, 0.1) is 0 Å². The fourth-order valence-corrected chi connectivity index (χ4v) is 3.80. The molecule has 1 fully saturated rings. The summed E-state index contributed by atoms with van der Waals surface area (Å²) in [7, 11) is 0.519. The minimum Gasteiger partial charge on any atom is -0.478 e. The van der Waals surface area contributed by atoms with Gasteiger partial charge in [0, 0.05) is 26.2 Å². The van der Waals surface area contributed by atoms with Gasteiger partial charge >= 0.3 is 5.97 Å². The third kappa shape index (κ3) is 4.67. The molecule has 1 heterocycles. The Morgan fingerprint density at radius 3 is 2.18 bits per heavy atom. The maximum atomic E-state index is 12.5. The summed E-state index contributed by atoms with van der Waals surface area (Å²) in [5, 5.41) is 9.32. The Morgan fingerprint density at radius 2 is 1.68 bits per heavy atom. The van der Waals surface area contributed by atoms with Crippen molar-refractivity contribution in [1.29, 1.82) is 0 Å². The van der Waals surface area contributed by atoms with Crippen molar-refractivity contribution in [3.63, 3.8) is 0 Å². The number of hydrogen-bond donors (Lipinski definition) is 1. The summed E-state index contributed by atoms with van der Waals surface area (Å²) in [6.07, 6.45) is 0. The minimum absolute atomic E-state index is 0.0432. The van der Waals surface area contributed by atoms with E-state index in [0.29, 0.717) is 13.1 Å². The van der Waals surface area contributed by atoms with Crippen molar-refractivity contribution >= 4 is 40.2 Å². The zero-order valence-electron chi connectivity index (χ0n) is 12.8. The van der Waals surface area contributed by atoms with Crippen LogP contribution in [0.5, 0.6) is 0 Å². The summed E-state index contributed by atoms with van der Waals surface area (Å²) in [5.74, 6) is -1.16. The number of halogens is 2. The molecule has 2 rings (SSSR count). The maximum Gasteiger partial charge on any atom is 0.337 e. The standard InChI is InChI=1S/C12H14Cl2N2O3S.C2H6/c1-15-2-4-16(5-3-15)20(19)11-6-8(12(17)18)9(13)7-10(11)14;1-2/h6-7H,2-5H2,1H3,(H,17,18);1-2H3. The fraction of sp³-hybridized carbons (Fsp3) is 0.500. The van der Waals surface area contributed by atoms with E-state index in [2.05, 4.69) is 4.90 Å². The van der Waals surface area contributed by atoms with E-state index in [1.807, 2.05) is 20.9 Å². The largest absolute Gasteiger partial charge is 0.478 e. The normalized spacial score (nSPS) is 17.5. The average Bonchev–Trinajstić information content (AvgIpc) is 2.49. The van der Waals surface area contributed by atoms with Crippen LogP contribution >= 0.6 is 23.2 Å². The molecular formula is C14H20Cl2N2O3S. The van der Waals surface area contributed by atoms with Crippen molar-refractivity contribution < 1.29 is 14.1 Å². The van der Waals surface area contributed by atoms with E-state index in [0.717, 1.165) is 13.1 Å². The van der Waals surface area contributed by atoms with Gasteiger partial charge in [-0.05, 0) is 19.2 Å². The van der Waals surface area contributed by atoms with Crippen LogP contribution in [-0.2, 0) is 11.0 Å². The Bertz CT molecular complexity index is 561. The number of carbonyl (C=O) groups is 1. The number of likely N-dealkylation sites (N-methyl/N-ethyl adjacent to an activating group) is 1. The number of piperazine rings is 1. The molecule has 22 heavy (non-hydrogen) atoms. The number of rotatable bonds is 3. The Morgan fingerprint density at radius 1 is 1.14 bits per heavy atom. The van der Waals surface area contributed by atoms with Crippen LogP contribution in [0.2, 0.25) is 10.0 Å². The predicted octanol–water partition coefficient (Wildman–Crippen LogP) is 2.99. The summed E-state index contributed by atoms with van der Waals surface area (Å²) in [6, 6.07) is 2.62. The van der Waals surface area contributed by atoms with Gasteiger partial charge in [0.05, 0.1) is 20.5 Å². The Labute approximate surface area is 143 Å². The number of hydrogen-bond acceptors (Lipinski definition) is 3. The van der Waals surface area contributed by atoms with Crippen LogP contribution in [0.3, 0.4) is 0 Å². The SMILES string of the molecule is CC.CN1CCN(S(=O)c2cc(C(=O)O)c(Cl)cc2Cl)CC1. The van der Waals surface area contributed by atoms with Crippen molar-refractivity contribution in [2.75, 3.05) is 33.2 Å². The van der Waals surface area contributed by atoms with E-state index in [1.165, 1.54) is 12.1 Å². The van der Waals surface area contributed by atoms with Gasteiger partial charge in [0.25, 0.3) is 0 Å². The second kappa shape index (κ2) is 8.84. The first-order valence-corrected chi connectivity index (χ1v) is 8.84. The Kier molecular flexibility index (Phi) is 7.79. The molecule has 1 aliphatic rings. The van der Waals surface area contributed by atoms with E-state index in [9.17, 15) is 9.00 Å². The molecule has 1 saturated heterocycles. The van der Waals surface area contributed by atoms with Gasteiger partial charge in [0.2, 0.25) is 0 Å². The molecule has 8 heteroatoms. The topological polar surface area (TPSA) is 60.9 Å². The van der Waals surface area contributed by atoms with Gasteiger partial charge in [-0.25, -0.2) is 13.3 Å². The molecule has 124 valence electrons. The summed E-state index contributed by atoms with van der Waals surface area (Å²) >= 11 is 11.9. The van der Waals surface area contributed by atoms with Crippen molar-refractivity contribution in [2.24, 2.45) is 0 Å². The Balaban J connectivity index is 0.00000116. The van der Waals surface area contributed by atoms with Crippen molar-refractivity contribution in [3.8, 4) is 0 Å². The summed E-state index contributed by atoms with van der Waals surface area (Å²) in [4.78, 5) is 13.5. The monoisotopic (exact) mass is 366 g/mol. The van der Waals surface area contributed by atoms with Gasteiger partial charge < -0.3 is 10.0 Å². The van der Waals surface area contributed by atoms with Gasteiger partial charge in [-0.1, -0.05) is 37.0 Å². The number of benzene rings is 1. The molecule has 0 aliphatic carbocycles. The third-order valence-electron chi connectivity index (χ3n) is 3.14. The van der Waals surface area contributed by atoms with Crippen LogP contribution in [0.1, 0.15) is 24.2 Å². The highest BCUT2D eigenvalue weighted by molar-refractivity contribution is 7.82. The lowest BCUT2D eigenvalue weighted by atomic mass is 10.2. The first kappa shape index (κ1) is 19.4. The molecule has 0 spiro atoms. The van der Waals surface area contributed by atoms with Crippen LogP contribution in [0.15, 0.2) is 17.0 Å². The zero-order valence-corrected chi connectivity index (χ0v) is 15.1. The van der Waals surface area contributed by atoms with Gasteiger partial charge in [0.15, 0.2) is 0 Å². The summed E-state index contributed by atoms with van der Waals surface area (Å²) in [5.41, 5.74) is -0.0893. The highest BCUT2D eigenvalue weighted by atomic mass is 35.5. The molecule has 1 aromatic rings.